The molecule has 0 radical (unpaired) electrons. The van der Waals surface area contributed by atoms with Crippen molar-refractivity contribution in [1.82, 2.24) is 0 Å². The molecule has 1 aliphatic carbocycles. The van der Waals surface area contributed by atoms with Crippen LogP contribution < -0.4 is 0 Å². The van der Waals surface area contributed by atoms with Crippen LogP contribution in [0.4, 0.5) is 0 Å². The fourth-order valence-corrected chi connectivity index (χ4v) is 3.90. The second-order valence-corrected chi connectivity index (χ2v) is 7.16. The third kappa shape index (κ3) is 3.45. The maximum Gasteiger partial charge on any atom is 0.337 e. The van der Waals surface area contributed by atoms with Gasteiger partial charge in [-0.25, -0.2) is 4.79 Å². The van der Waals surface area contributed by atoms with E-state index in [9.17, 15) is 30.3 Å². The van der Waals surface area contributed by atoms with Crippen LogP contribution in [0.3, 0.4) is 0 Å². The van der Waals surface area contributed by atoms with E-state index in [4.69, 9.17) is 18.9 Å². The molecule has 28 heavy (non-hydrogen) atoms. The van der Waals surface area contributed by atoms with Crippen molar-refractivity contribution in [1.29, 1.82) is 0 Å². The summed E-state index contributed by atoms with van der Waals surface area (Å²) in [6.45, 7) is 1.16. The molecule has 3 aliphatic rings. The van der Waals surface area contributed by atoms with Gasteiger partial charge < -0.3 is 44.5 Å². The Bertz CT molecular complexity index is 646. The van der Waals surface area contributed by atoms with Crippen molar-refractivity contribution < 1.29 is 49.3 Å². The number of carbonyl (C=O) groups is 1. The zero-order chi connectivity index (χ0) is 20.6. The van der Waals surface area contributed by atoms with Crippen molar-refractivity contribution in [2.24, 2.45) is 11.8 Å². The van der Waals surface area contributed by atoms with Crippen LogP contribution in [0.25, 0.3) is 0 Å². The van der Waals surface area contributed by atoms with Crippen LogP contribution >= 0.6 is 0 Å². The predicted molar refractivity (Wildman–Crippen MR) is 91.2 cm³/mol. The Hall–Kier alpha value is -1.53. The van der Waals surface area contributed by atoms with E-state index >= 15 is 0 Å². The molecule has 0 amide bonds. The summed E-state index contributed by atoms with van der Waals surface area (Å²) in [5, 5.41) is 50.3. The summed E-state index contributed by atoms with van der Waals surface area (Å²) in [5.41, 5.74) is -1.14. The van der Waals surface area contributed by atoms with Gasteiger partial charge in [0.25, 0.3) is 0 Å². The minimum atomic E-state index is -1.62. The van der Waals surface area contributed by atoms with Crippen LogP contribution in [0.15, 0.2) is 24.0 Å². The van der Waals surface area contributed by atoms with Crippen LogP contribution in [-0.4, -0.2) is 87.8 Å². The molecule has 1 fully saturated rings. The number of carbonyl (C=O) groups excluding carboxylic acids is 1. The topological polar surface area (TPSA) is 155 Å². The van der Waals surface area contributed by atoms with Gasteiger partial charge in [0.05, 0.1) is 37.1 Å². The zero-order valence-corrected chi connectivity index (χ0v) is 15.5. The van der Waals surface area contributed by atoms with E-state index in [1.807, 2.05) is 0 Å². The van der Waals surface area contributed by atoms with Crippen molar-refractivity contribution in [3.8, 4) is 0 Å². The Labute approximate surface area is 161 Å². The Morgan fingerprint density at radius 3 is 2.54 bits per heavy atom. The molecule has 5 N–H and O–H groups in total. The van der Waals surface area contributed by atoms with Crippen molar-refractivity contribution in [2.45, 2.75) is 55.9 Å². The number of aliphatic hydroxyl groups is 5. The maximum absolute atomic E-state index is 12.0. The molecule has 0 bridgehead atoms. The normalized spacial score (nSPS) is 45.2. The monoisotopic (exact) mass is 402 g/mol. The molecule has 0 spiro atoms. The van der Waals surface area contributed by atoms with E-state index in [-0.39, 0.29) is 5.57 Å². The number of hydrogen-bond donors (Lipinski definition) is 5. The minimum Gasteiger partial charge on any atom is -0.471 e. The van der Waals surface area contributed by atoms with Crippen LogP contribution in [0.2, 0.25) is 0 Å². The second-order valence-electron chi connectivity index (χ2n) is 7.16. The number of rotatable bonds is 5. The van der Waals surface area contributed by atoms with Gasteiger partial charge in [-0.1, -0.05) is 19.1 Å². The quantitative estimate of drug-likeness (QED) is 0.262. The molecule has 10 nitrogen and oxygen atoms in total. The highest BCUT2D eigenvalue weighted by Crippen LogP contribution is 2.47. The van der Waals surface area contributed by atoms with Gasteiger partial charge in [0.15, 0.2) is 6.29 Å². The smallest absolute Gasteiger partial charge is 0.337 e. The molecule has 9 atom stereocenters. The first-order valence-electron chi connectivity index (χ1n) is 9.09. The van der Waals surface area contributed by atoms with Gasteiger partial charge in [-0.2, -0.15) is 0 Å². The van der Waals surface area contributed by atoms with Crippen molar-refractivity contribution in [3.05, 3.63) is 24.0 Å². The maximum atomic E-state index is 12.0. The first-order valence-corrected chi connectivity index (χ1v) is 9.09. The molecule has 2 heterocycles. The number of methoxy groups -OCH3 is 1. The van der Waals surface area contributed by atoms with E-state index in [2.05, 4.69) is 0 Å². The van der Waals surface area contributed by atoms with E-state index < -0.39 is 67.0 Å². The third-order valence-electron chi connectivity index (χ3n) is 5.64. The number of aliphatic hydroxyl groups excluding tert-OH is 4. The van der Waals surface area contributed by atoms with Gasteiger partial charge in [0, 0.05) is 5.92 Å². The highest BCUT2D eigenvalue weighted by atomic mass is 16.8. The number of ether oxygens (including phenoxy) is 4. The van der Waals surface area contributed by atoms with E-state index in [1.54, 1.807) is 19.1 Å². The van der Waals surface area contributed by atoms with E-state index in [0.717, 1.165) is 0 Å². The van der Waals surface area contributed by atoms with Crippen molar-refractivity contribution >= 4 is 5.97 Å². The molecule has 0 aromatic heterocycles. The van der Waals surface area contributed by atoms with E-state index in [0.29, 0.717) is 6.42 Å². The predicted octanol–water partition coefficient (Wildman–Crippen LogP) is -1.84. The number of allylic oxidation sites excluding steroid dienone is 1. The summed E-state index contributed by atoms with van der Waals surface area (Å²) in [7, 11) is 1.24. The first kappa shape index (κ1) is 21.2. The Morgan fingerprint density at radius 2 is 1.93 bits per heavy atom. The molecular weight excluding hydrogens is 376 g/mol. The highest BCUT2D eigenvalue weighted by molar-refractivity contribution is 5.89. The fraction of sp³-hybridized carbons (Fsp3) is 0.722. The molecule has 0 unspecified atom stereocenters. The average Bonchev–Trinajstić information content (AvgIpc) is 3.06. The molecule has 1 saturated heterocycles. The lowest BCUT2D eigenvalue weighted by Gasteiger charge is -2.44. The molecule has 2 aliphatic heterocycles. The van der Waals surface area contributed by atoms with Gasteiger partial charge in [0.2, 0.25) is 6.29 Å². The van der Waals surface area contributed by atoms with E-state index in [1.165, 1.54) is 13.4 Å². The lowest BCUT2D eigenvalue weighted by molar-refractivity contribution is -0.346. The van der Waals surface area contributed by atoms with Crippen LogP contribution in [0, 0.1) is 11.8 Å². The molecule has 10 heteroatoms. The molecule has 158 valence electrons. The van der Waals surface area contributed by atoms with Crippen molar-refractivity contribution in [3.63, 3.8) is 0 Å². The zero-order valence-electron chi connectivity index (χ0n) is 15.5. The summed E-state index contributed by atoms with van der Waals surface area (Å²) < 4.78 is 21.3. The lowest BCUT2D eigenvalue weighted by Crippen LogP contribution is -2.61. The Morgan fingerprint density at radius 1 is 1.21 bits per heavy atom. The molecule has 0 saturated carbocycles. The number of fused-ring (bicyclic) bond motifs is 1. The summed E-state index contributed by atoms with van der Waals surface area (Å²) in [6.07, 6.45) is -3.75. The largest absolute Gasteiger partial charge is 0.471 e. The summed E-state index contributed by atoms with van der Waals surface area (Å²) in [4.78, 5) is 12.0. The second kappa shape index (κ2) is 8.07. The summed E-state index contributed by atoms with van der Waals surface area (Å²) in [5.74, 6) is -1.91. The standard InChI is InChI=1S/C18H26O10/c1-3-18(24)5-4-8-9(15(23)25-2)7-26-16(11(8)18)28-17-14(22)13(21)12(20)10(6-19)27-17/h4-5,7-8,10-14,16-17,19-22,24H,3,6H2,1-2H3/t8-,10-,11-,12-,13+,14-,16+,17+,18+/m1/s1. The summed E-state index contributed by atoms with van der Waals surface area (Å²) in [6, 6.07) is 0. The molecule has 3 rings (SSSR count). The lowest BCUT2D eigenvalue weighted by atomic mass is 9.78. The molecule has 0 aromatic rings. The van der Waals surface area contributed by atoms with Crippen LogP contribution in [0.5, 0.6) is 0 Å². The minimum absolute atomic E-state index is 0.210. The summed E-state index contributed by atoms with van der Waals surface area (Å²) >= 11 is 0. The van der Waals surface area contributed by atoms with Gasteiger partial charge in [-0.3, -0.25) is 0 Å². The Kier molecular flexibility index (Phi) is 6.11. The van der Waals surface area contributed by atoms with Crippen LogP contribution in [0.1, 0.15) is 13.3 Å². The molecule has 0 aromatic carbocycles. The average molecular weight is 402 g/mol. The third-order valence-corrected chi connectivity index (χ3v) is 5.64. The van der Waals surface area contributed by atoms with Crippen molar-refractivity contribution in [2.75, 3.05) is 13.7 Å². The SMILES string of the molecule is CC[C@]1(O)C=C[C@@H]2C(C(=O)OC)=CO[C@@H](O[C@@H]3O[C@H](CO)[C@@H](O)[C@H](O)[C@H]3O)[C@@H]21. The highest BCUT2D eigenvalue weighted by Gasteiger charge is 2.54. The number of hydrogen-bond acceptors (Lipinski definition) is 10. The van der Waals surface area contributed by atoms with Crippen LogP contribution in [-0.2, 0) is 23.7 Å². The van der Waals surface area contributed by atoms with Gasteiger partial charge in [-0.15, -0.1) is 0 Å². The number of esters is 1. The first-order chi connectivity index (χ1) is 13.3. The fourth-order valence-electron chi connectivity index (χ4n) is 3.90. The molecular formula is C18H26O10. The van der Waals surface area contributed by atoms with Gasteiger partial charge in [0.1, 0.15) is 24.4 Å². The Balaban J connectivity index is 1.85. The van der Waals surface area contributed by atoms with Gasteiger partial charge in [-0.05, 0) is 6.42 Å². The van der Waals surface area contributed by atoms with Gasteiger partial charge >= 0.3 is 5.97 Å².